The van der Waals surface area contributed by atoms with Crippen molar-refractivity contribution >= 4 is 23.4 Å². The summed E-state index contributed by atoms with van der Waals surface area (Å²) < 4.78 is 34.6. The zero-order valence-corrected chi connectivity index (χ0v) is 17.6. The third-order valence-corrected chi connectivity index (χ3v) is 7.11. The minimum atomic E-state index is -3.22. The molecule has 2 aliphatic heterocycles. The van der Waals surface area contributed by atoms with Gasteiger partial charge < -0.3 is 18.9 Å². The Balaban J connectivity index is 2.04. The van der Waals surface area contributed by atoms with Gasteiger partial charge >= 0.3 is 7.67 Å². The molecule has 2 aliphatic rings. The first-order valence-electron chi connectivity index (χ1n) is 9.28. The molecule has 2 rings (SSSR count). The van der Waals surface area contributed by atoms with Crippen molar-refractivity contribution < 1.29 is 18.6 Å². The number of rotatable bonds is 7. The molecule has 0 bridgehead atoms. The van der Waals surface area contributed by atoms with Crippen molar-refractivity contribution in [3.05, 3.63) is 0 Å². The molecule has 5 unspecified atom stereocenters. The largest absolute Gasteiger partial charge is 0.382 e. The van der Waals surface area contributed by atoms with Gasteiger partial charge in [0, 0.05) is 38.2 Å². The van der Waals surface area contributed by atoms with Crippen LogP contribution in [-0.2, 0) is 18.6 Å². The molecule has 0 aliphatic carbocycles. The standard InChI is InChI=1S/C16H32B2N3O4P/c1-12(2)6-13-8-21(10-16(18)24-13)26(22,19(3)4)23-11-14-7-20(5)9-15(17)25-14/h12-16H,6-11H2,1-5H3. The lowest BCUT2D eigenvalue weighted by atomic mass is 9.96. The summed E-state index contributed by atoms with van der Waals surface area (Å²) in [4.78, 5) is 2.09. The molecule has 2 fully saturated rings. The summed E-state index contributed by atoms with van der Waals surface area (Å²) in [5.74, 6) is 0.472. The Morgan fingerprint density at radius 2 is 1.73 bits per heavy atom. The number of likely N-dealkylation sites (N-methyl/N-ethyl adjacent to an activating group) is 1. The van der Waals surface area contributed by atoms with Crippen LogP contribution in [0.5, 0.6) is 0 Å². The lowest BCUT2D eigenvalue weighted by Gasteiger charge is -2.43. The molecule has 4 radical (unpaired) electrons. The SMILES string of the molecule is [B]C1CN(C)CC(COP(=O)(N(C)C)N2CC([B])OC(CC(C)C)C2)O1. The zero-order chi connectivity index (χ0) is 19.5. The van der Waals surface area contributed by atoms with Gasteiger partial charge in [0.1, 0.15) is 15.7 Å². The van der Waals surface area contributed by atoms with E-state index in [1.807, 2.05) is 11.7 Å². The van der Waals surface area contributed by atoms with E-state index in [9.17, 15) is 4.57 Å². The molecular formula is C16H32B2N3O4P. The number of nitrogens with zero attached hydrogens (tertiary/aromatic N) is 3. The van der Waals surface area contributed by atoms with Gasteiger partial charge in [0.25, 0.3) is 0 Å². The maximum Gasteiger partial charge on any atom is 0.345 e. The Bertz CT molecular complexity index is 488. The lowest BCUT2D eigenvalue weighted by Crippen LogP contribution is -2.50. The van der Waals surface area contributed by atoms with E-state index in [-0.39, 0.29) is 24.8 Å². The van der Waals surface area contributed by atoms with Gasteiger partial charge in [0.2, 0.25) is 0 Å². The number of ether oxygens (including phenoxy) is 2. The number of morpholine rings is 2. The fraction of sp³-hybridized carbons (Fsp3) is 1.00. The molecular weight excluding hydrogens is 351 g/mol. The topological polar surface area (TPSA) is 54.5 Å². The van der Waals surface area contributed by atoms with Crippen molar-refractivity contribution in [1.82, 2.24) is 14.2 Å². The minimum Gasteiger partial charge on any atom is -0.382 e. The van der Waals surface area contributed by atoms with Gasteiger partial charge in [-0.3, -0.25) is 4.57 Å². The van der Waals surface area contributed by atoms with Crippen LogP contribution in [-0.4, -0.2) is 108 Å². The van der Waals surface area contributed by atoms with E-state index in [2.05, 4.69) is 18.7 Å². The Hall–Kier alpha value is 0.120. The normalized spacial score (nSPS) is 34.3. The van der Waals surface area contributed by atoms with Crippen molar-refractivity contribution in [1.29, 1.82) is 0 Å². The van der Waals surface area contributed by atoms with Gasteiger partial charge in [0.05, 0.1) is 18.8 Å². The molecule has 0 aromatic carbocycles. The minimum absolute atomic E-state index is 0.0545. The monoisotopic (exact) mass is 383 g/mol. The van der Waals surface area contributed by atoms with E-state index in [1.54, 1.807) is 18.8 Å². The smallest absolute Gasteiger partial charge is 0.345 e. The summed E-state index contributed by atoms with van der Waals surface area (Å²) in [5.41, 5.74) is 0. The van der Waals surface area contributed by atoms with Crippen LogP contribution in [0.1, 0.15) is 20.3 Å². The van der Waals surface area contributed by atoms with Gasteiger partial charge in [-0.1, -0.05) is 13.8 Å². The number of hydrogen-bond acceptors (Lipinski definition) is 5. The Morgan fingerprint density at radius 3 is 2.31 bits per heavy atom. The second-order valence-corrected chi connectivity index (χ2v) is 10.6. The fourth-order valence-corrected chi connectivity index (χ4v) is 5.51. The van der Waals surface area contributed by atoms with Gasteiger partial charge in [-0.2, -0.15) is 0 Å². The summed E-state index contributed by atoms with van der Waals surface area (Å²) in [7, 11) is 14.2. The van der Waals surface area contributed by atoms with Crippen molar-refractivity contribution in [3.8, 4) is 0 Å². The number of hydrogen-bond donors (Lipinski definition) is 0. The third kappa shape index (κ3) is 6.06. The molecule has 10 heteroatoms. The molecule has 0 N–H and O–H groups in total. The molecule has 0 aromatic rings. The van der Waals surface area contributed by atoms with Crippen LogP contribution in [0.4, 0.5) is 0 Å². The molecule has 7 nitrogen and oxygen atoms in total. The van der Waals surface area contributed by atoms with Gasteiger partial charge in [-0.15, -0.1) is 0 Å². The molecule has 26 heavy (non-hydrogen) atoms. The van der Waals surface area contributed by atoms with E-state index >= 15 is 0 Å². The average Bonchev–Trinajstić information content (AvgIpc) is 2.50. The summed E-state index contributed by atoms with van der Waals surface area (Å²) >= 11 is 0. The second-order valence-electron chi connectivity index (χ2n) is 7.95. The van der Waals surface area contributed by atoms with Crippen LogP contribution >= 0.6 is 7.67 Å². The van der Waals surface area contributed by atoms with E-state index < -0.39 is 13.7 Å². The zero-order valence-electron chi connectivity index (χ0n) is 16.7. The fourth-order valence-electron chi connectivity index (χ4n) is 3.50. The van der Waals surface area contributed by atoms with Crippen molar-refractivity contribution in [3.63, 3.8) is 0 Å². The van der Waals surface area contributed by atoms with Crippen LogP contribution in [0, 0.1) is 5.92 Å². The highest BCUT2D eigenvalue weighted by atomic mass is 31.2. The first kappa shape index (κ1) is 22.4. The first-order valence-corrected chi connectivity index (χ1v) is 10.8. The summed E-state index contributed by atoms with van der Waals surface area (Å²) in [6.45, 7) is 6.76. The molecule has 2 heterocycles. The highest BCUT2D eigenvalue weighted by Gasteiger charge is 2.41. The maximum atomic E-state index is 13.7. The summed E-state index contributed by atoms with van der Waals surface area (Å²) in [5, 5.41) is 0. The lowest BCUT2D eigenvalue weighted by molar-refractivity contribution is -0.0661. The summed E-state index contributed by atoms with van der Waals surface area (Å²) in [6, 6.07) is -0.830. The van der Waals surface area contributed by atoms with E-state index in [0.29, 0.717) is 32.1 Å². The van der Waals surface area contributed by atoms with Crippen LogP contribution in [0.2, 0.25) is 0 Å². The molecule has 5 atom stereocenters. The van der Waals surface area contributed by atoms with E-state index in [1.165, 1.54) is 0 Å². The highest BCUT2D eigenvalue weighted by Crippen LogP contribution is 2.53. The van der Waals surface area contributed by atoms with Crippen LogP contribution in [0.15, 0.2) is 0 Å². The van der Waals surface area contributed by atoms with E-state index in [4.69, 9.17) is 29.7 Å². The van der Waals surface area contributed by atoms with Crippen molar-refractivity contribution in [2.45, 2.75) is 44.5 Å². The molecule has 0 spiro atoms. The maximum absolute atomic E-state index is 13.7. The van der Waals surface area contributed by atoms with E-state index in [0.717, 1.165) is 6.42 Å². The van der Waals surface area contributed by atoms with Crippen molar-refractivity contribution in [2.24, 2.45) is 5.92 Å². The molecule has 0 amide bonds. The Labute approximate surface area is 161 Å². The van der Waals surface area contributed by atoms with Gasteiger partial charge in [0.15, 0.2) is 0 Å². The molecule has 146 valence electrons. The highest BCUT2D eigenvalue weighted by molar-refractivity contribution is 7.53. The molecule has 0 saturated carbocycles. The average molecular weight is 383 g/mol. The molecule has 0 aromatic heterocycles. The van der Waals surface area contributed by atoms with Crippen LogP contribution < -0.4 is 0 Å². The predicted octanol–water partition coefficient (Wildman–Crippen LogP) is 0.739. The third-order valence-electron chi connectivity index (χ3n) is 4.57. The van der Waals surface area contributed by atoms with Crippen LogP contribution in [0.25, 0.3) is 0 Å². The first-order chi connectivity index (χ1) is 12.1. The predicted molar refractivity (Wildman–Crippen MR) is 105 cm³/mol. The van der Waals surface area contributed by atoms with Gasteiger partial charge in [-0.05, 0) is 33.5 Å². The second kappa shape index (κ2) is 9.55. The quantitative estimate of drug-likeness (QED) is 0.475. The Kier molecular flexibility index (Phi) is 8.23. The Morgan fingerprint density at radius 1 is 1.12 bits per heavy atom. The van der Waals surface area contributed by atoms with Gasteiger partial charge in [-0.25, -0.2) is 9.34 Å². The van der Waals surface area contributed by atoms with Crippen molar-refractivity contribution in [2.75, 3.05) is 53.9 Å². The van der Waals surface area contributed by atoms with Crippen LogP contribution in [0.3, 0.4) is 0 Å². The summed E-state index contributed by atoms with van der Waals surface area (Å²) in [6.07, 6.45) is 0.600. The molecule has 2 saturated heterocycles.